The Morgan fingerprint density at radius 1 is 1.24 bits per heavy atom. The second-order valence-corrected chi connectivity index (χ2v) is 5.61. The highest BCUT2D eigenvalue weighted by atomic mass is 16.5. The van der Waals surface area contributed by atoms with E-state index in [1.165, 1.54) is 31.2 Å². The maximum Gasteiger partial charge on any atom is 0.119 e. The van der Waals surface area contributed by atoms with Crippen molar-refractivity contribution in [3.05, 3.63) is 42.2 Å². The number of aryl methyl sites for hydroxylation is 1. The van der Waals surface area contributed by atoms with Crippen LogP contribution in [0.2, 0.25) is 0 Å². The molecule has 1 saturated carbocycles. The molecule has 4 heteroatoms. The fourth-order valence-corrected chi connectivity index (χ4v) is 2.72. The summed E-state index contributed by atoms with van der Waals surface area (Å²) in [6, 6.07) is 8.26. The van der Waals surface area contributed by atoms with Gasteiger partial charge in [0.2, 0.25) is 0 Å². The first kappa shape index (κ1) is 14.0. The number of aromatic nitrogens is 2. The highest BCUT2D eigenvalue weighted by Gasteiger charge is 2.16. The van der Waals surface area contributed by atoms with Gasteiger partial charge in [-0.3, -0.25) is 4.68 Å². The molecule has 1 aliphatic carbocycles. The highest BCUT2D eigenvalue weighted by Crippen LogP contribution is 2.25. The SMILES string of the molecule is CCn1cc(CNc2ccc(OC3CCCC3)cc2)cn1. The van der Waals surface area contributed by atoms with Crippen molar-refractivity contribution >= 4 is 5.69 Å². The standard InChI is InChI=1S/C17H23N3O/c1-2-20-13-14(12-19-20)11-18-15-7-9-17(10-8-15)21-16-5-3-4-6-16/h7-10,12-13,16,18H,2-6,11H2,1H3. The summed E-state index contributed by atoms with van der Waals surface area (Å²) in [5.74, 6) is 0.978. The van der Waals surface area contributed by atoms with Crippen molar-refractivity contribution < 1.29 is 4.74 Å². The lowest BCUT2D eigenvalue weighted by atomic mass is 10.2. The summed E-state index contributed by atoms with van der Waals surface area (Å²) >= 11 is 0. The zero-order valence-corrected chi connectivity index (χ0v) is 12.6. The van der Waals surface area contributed by atoms with Crippen LogP contribution in [0.5, 0.6) is 5.75 Å². The van der Waals surface area contributed by atoms with Crippen LogP contribution in [0, 0.1) is 0 Å². The first-order valence-corrected chi connectivity index (χ1v) is 7.85. The van der Waals surface area contributed by atoms with Gasteiger partial charge in [0.15, 0.2) is 0 Å². The van der Waals surface area contributed by atoms with E-state index >= 15 is 0 Å². The number of nitrogens with one attached hydrogen (secondary N) is 1. The van der Waals surface area contributed by atoms with E-state index in [-0.39, 0.29) is 0 Å². The highest BCUT2D eigenvalue weighted by molar-refractivity contribution is 5.46. The van der Waals surface area contributed by atoms with Gasteiger partial charge in [0.05, 0.1) is 12.3 Å². The first-order valence-electron chi connectivity index (χ1n) is 7.85. The lowest BCUT2D eigenvalue weighted by molar-refractivity contribution is 0.210. The molecule has 0 amide bonds. The Morgan fingerprint density at radius 3 is 2.67 bits per heavy atom. The summed E-state index contributed by atoms with van der Waals surface area (Å²) in [6.07, 6.45) is 9.40. The van der Waals surface area contributed by atoms with Crippen molar-refractivity contribution in [3.8, 4) is 5.75 Å². The number of benzene rings is 1. The smallest absolute Gasteiger partial charge is 0.119 e. The molecule has 0 atom stereocenters. The van der Waals surface area contributed by atoms with Gasteiger partial charge in [0.1, 0.15) is 5.75 Å². The van der Waals surface area contributed by atoms with Crippen LogP contribution in [0.25, 0.3) is 0 Å². The van der Waals surface area contributed by atoms with Crippen LogP contribution < -0.4 is 10.1 Å². The third kappa shape index (κ3) is 3.78. The minimum Gasteiger partial charge on any atom is -0.490 e. The first-order chi connectivity index (χ1) is 10.3. The Morgan fingerprint density at radius 2 is 2.00 bits per heavy atom. The van der Waals surface area contributed by atoms with Crippen molar-refractivity contribution in [3.63, 3.8) is 0 Å². The molecule has 1 aromatic carbocycles. The molecule has 0 bridgehead atoms. The van der Waals surface area contributed by atoms with Crippen molar-refractivity contribution in [2.45, 2.75) is 51.8 Å². The predicted molar refractivity (Wildman–Crippen MR) is 84.6 cm³/mol. The van der Waals surface area contributed by atoms with E-state index < -0.39 is 0 Å². The molecule has 0 saturated heterocycles. The van der Waals surface area contributed by atoms with Gasteiger partial charge in [-0.15, -0.1) is 0 Å². The second kappa shape index (κ2) is 6.66. The summed E-state index contributed by atoms with van der Waals surface area (Å²) in [5, 5.41) is 7.69. The van der Waals surface area contributed by atoms with Crippen LogP contribution in [0.1, 0.15) is 38.2 Å². The van der Waals surface area contributed by atoms with Crippen molar-refractivity contribution in [1.29, 1.82) is 0 Å². The Balaban J connectivity index is 1.51. The third-order valence-corrected chi connectivity index (χ3v) is 3.97. The van der Waals surface area contributed by atoms with E-state index in [2.05, 4.69) is 47.8 Å². The quantitative estimate of drug-likeness (QED) is 0.876. The molecule has 112 valence electrons. The molecular weight excluding hydrogens is 262 g/mol. The van der Waals surface area contributed by atoms with E-state index in [1.807, 2.05) is 10.9 Å². The van der Waals surface area contributed by atoms with E-state index in [9.17, 15) is 0 Å². The lowest BCUT2D eigenvalue weighted by Gasteiger charge is -2.13. The summed E-state index contributed by atoms with van der Waals surface area (Å²) in [7, 11) is 0. The van der Waals surface area contributed by atoms with E-state index in [1.54, 1.807) is 0 Å². The molecule has 4 nitrogen and oxygen atoms in total. The summed E-state index contributed by atoms with van der Waals surface area (Å²) in [4.78, 5) is 0. The third-order valence-electron chi connectivity index (χ3n) is 3.97. The van der Waals surface area contributed by atoms with Crippen LogP contribution in [0.3, 0.4) is 0 Å². The van der Waals surface area contributed by atoms with Crippen molar-refractivity contribution in [2.75, 3.05) is 5.32 Å². The minimum absolute atomic E-state index is 0.420. The second-order valence-electron chi connectivity index (χ2n) is 5.61. The molecule has 3 rings (SSSR count). The Kier molecular flexibility index (Phi) is 4.43. The number of ether oxygens (including phenoxy) is 1. The van der Waals surface area contributed by atoms with E-state index in [4.69, 9.17) is 4.74 Å². The van der Waals surface area contributed by atoms with E-state index in [0.717, 1.165) is 24.5 Å². The molecule has 1 N–H and O–H groups in total. The lowest BCUT2D eigenvalue weighted by Crippen LogP contribution is -2.10. The van der Waals surface area contributed by atoms with Crippen LogP contribution in [0.4, 0.5) is 5.69 Å². The molecule has 1 fully saturated rings. The minimum atomic E-state index is 0.420. The average Bonchev–Trinajstić information content (AvgIpc) is 3.18. The fraction of sp³-hybridized carbons (Fsp3) is 0.471. The Labute approximate surface area is 126 Å². The van der Waals surface area contributed by atoms with Crippen molar-refractivity contribution in [1.82, 2.24) is 9.78 Å². The van der Waals surface area contributed by atoms with Gasteiger partial charge in [-0.2, -0.15) is 5.10 Å². The van der Waals surface area contributed by atoms with Crippen LogP contribution in [-0.4, -0.2) is 15.9 Å². The number of nitrogens with zero attached hydrogens (tertiary/aromatic N) is 2. The van der Waals surface area contributed by atoms with Crippen LogP contribution in [-0.2, 0) is 13.1 Å². The Hall–Kier alpha value is -1.97. The molecule has 1 heterocycles. The van der Waals surface area contributed by atoms with Crippen molar-refractivity contribution in [2.24, 2.45) is 0 Å². The molecule has 1 aromatic heterocycles. The topological polar surface area (TPSA) is 39.1 Å². The van der Waals surface area contributed by atoms with Gasteiger partial charge in [-0.05, 0) is 56.9 Å². The Bertz CT molecular complexity index is 556. The normalized spacial score (nSPS) is 15.3. The summed E-state index contributed by atoms with van der Waals surface area (Å²) in [6.45, 7) is 3.79. The largest absolute Gasteiger partial charge is 0.490 e. The predicted octanol–water partition coefficient (Wildman–Crippen LogP) is 3.84. The number of hydrogen-bond acceptors (Lipinski definition) is 3. The molecule has 1 aliphatic rings. The number of anilines is 1. The molecule has 0 radical (unpaired) electrons. The molecule has 0 unspecified atom stereocenters. The van der Waals surface area contributed by atoms with Gasteiger partial charge >= 0.3 is 0 Å². The van der Waals surface area contributed by atoms with Crippen LogP contribution in [0.15, 0.2) is 36.7 Å². The maximum atomic E-state index is 5.97. The van der Waals surface area contributed by atoms with Gasteiger partial charge in [0.25, 0.3) is 0 Å². The van der Waals surface area contributed by atoms with Gasteiger partial charge in [-0.1, -0.05) is 0 Å². The van der Waals surface area contributed by atoms with Crippen LogP contribution >= 0.6 is 0 Å². The van der Waals surface area contributed by atoms with Gasteiger partial charge in [0, 0.05) is 30.5 Å². The summed E-state index contributed by atoms with van der Waals surface area (Å²) < 4.78 is 7.91. The molecule has 2 aromatic rings. The zero-order valence-electron chi connectivity index (χ0n) is 12.6. The monoisotopic (exact) mass is 285 g/mol. The van der Waals surface area contributed by atoms with Gasteiger partial charge < -0.3 is 10.1 Å². The molecular formula is C17H23N3O. The molecule has 21 heavy (non-hydrogen) atoms. The molecule has 0 spiro atoms. The fourth-order valence-electron chi connectivity index (χ4n) is 2.72. The van der Waals surface area contributed by atoms with E-state index in [0.29, 0.717) is 6.10 Å². The average molecular weight is 285 g/mol. The molecule has 0 aliphatic heterocycles. The number of hydrogen-bond donors (Lipinski definition) is 1. The number of rotatable bonds is 6. The summed E-state index contributed by atoms with van der Waals surface area (Å²) in [5.41, 5.74) is 2.31. The van der Waals surface area contributed by atoms with Gasteiger partial charge in [-0.25, -0.2) is 0 Å². The zero-order chi connectivity index (χ0) is 14.5. The maximum absolute atomic E-state index is 5.97.